The minimum Gasteiger partial charge on any atom is -0.435 e. The summed E-state index contributed by atoms with van der Waals surface area (Å²) in [5.74, 6) is 0.0297. The highest BCUT2D eigenvalue weighted by Gasteiger charge is 2.18. The first-order valence-electron chi connectivity index (χ1n) is 7.80. The number of amides is 1. The molecule has 0 radical (unpaired) electrons. The molecule has 0 unspecified atom stereocenters. The maximum Gasteiger partial charge on any atom is 0.387 e. The highest BCUT2D eigenvalue weighted by molar-refractivity contribution is 5.95. The Morgan fingerprint density at radius 3 is 2.50 bits per heavy atom. The molecule has 130 valence electrons. The third kappa shape index (κ3) is 4.53. The Hall–Kier alpha value is -2.44. The fourth-order valence-electron chi connectivity index (χ4n) is 2.27. The van der Waals surface area contributed by atoms with E-state index in [2.05, 4.69) is 15.2 Å². The van der Waals surface area contributed by atoms with Gasteiger partial charge in [0.2, 0.25) is 0 Å². The fourth-order valence-corrected chi connectivity index (χ4v) is 2.27. The number of carbonyl (C=O) groups excluding carboxylic acids is 1. The van der Waals surface area contributed by atoms with Crippen LogP contribution in [0.1, 0.15) is 48.3 Å². The molecular weight excluding hydrogens is 316 g/mol. The quantitative estimate of drug-likeness (QED) is 0.840. The van der Waals surface area contributed by atoms with Crippen molar-refractivity contribution in [3.8, 4) is 5.75 Å². The summed E-state index contributed by atoms with van der Waals surface area (Å²) in [6, 6.07) is 6.16. The molecule has 0 fully saturated rings. The highest BCUT2D eigenvalue weighted by atomic mass is 19.3. The summed E-state index contributed by atoms with van der Waals surface area (Å²) in [4.78, 5) is 12.4. The lowest BCUT2D eigenvalue weighted by Gasteiger charge is -2.08. The molecule has 24 heavy (non-hydrogen) atoms. The molecule has 0 saturated heterocycles. The first-order chi connectivity index (χ1) is 11.4. The average molecular weight is 337 g/mol. The number of aryl methyl sites for hydroxylation is 1. The van der Waals surface area contributed by atoms with Gasteiger partial charge in [-0.05, 0) is 30.5 Å². The molecule has 1 heterocycles. The topological polar surface area (TPSA) is 56.2 Å². The number of nitrogens with one attached hydrogen (secondary N) is 1. The molecule has 1 aromatic heterocycles. The molecule has 1 aromatic carbocycles. The Kier molecular flexibility index (Phi) is 5.89. The zero-order valence-corrected chi connectivity index (χ0v) is 13.9. The smallest absolute Gasteiger partial charge is 0.387 e. The van der Waals surface area contributed by atoms with Gasteiger partial charge in [0.15, 0.2) is 0 Å². The summed E-state index contributed by atoms with van der Waals surface area (Å²) in [6.45, 7) is 4.07. The summed E-state index contributed by atoms with van der Waals surface area (Å²) in [5.41, 5.74) is 2.11. The van der Waals surface area contributed by atoms with Crippen LogP contribution in [-0.4, -0.2) is 22.3 Å². The monoisotopic (exact) mass is 337 g/mol. The van der Waals surface area contributed by atoms with Gasteiger partial charge in [0.1, 0.15) is 5.75 Å². The van der Waals surface area contributed by atoms with Gasteiger partial charge in [0.05, 0.1) is 11.3 Å². The number of hydrogen-bond acceptors (Lipinski definition) is 3. The first-order valence-corrected chi connectivity index (χ1v) is 7.80. The Balaban J connectivity index is 2.01. The normalized spacial score (nSPS) is 11.1. The van der Waals surface area contributed by atoms with Gasteiger partial charge in [0.25, 0.3) is 5.91 Å². The van der Waals surface area contributed by atoms with E-state index >= 15 is 0 Å². The van der Waals surface area contributed by atoms with Crippen molar-refractivity contribution in [2.24, 2.45) is 0 Å². The zero-order chi connectivity index (χ0) is 17.7. The van der Waals surface area contributed by atoms with E-state index in [4.69, 9.17) is 0 Å². The Morgan fingerprint density at radius 1 is 1.29 bits per heavy atom. The summed E-state index contributed by atoms with van der Waals surface area (Å²) < 4.78 is 30.2. The van der Waals surface area contributed by atoms with Crippen molar-refractivity contribution in [1.82, 2.24) is 15.1 Å². The fraction of sp³-hybridized carbons (Fsp3) is 0.412. The predicted molar refractivity (Wildman–Crippen MR) is 86.2 cm³/mol. The minimum atomic E-state index is -2.85. The highest BCUT2D eigenvalue weighted by Crippen LogP contribution is 2.18. The van der Waals surface area contributed by atoms with E-state index in [9.17, 15) is 13.6 Å². The van der Waals surface area contributed by atoms with Gasteiger partial charge in [0, 0.05) is 19.3 Å². The number of nitrogens with zero attached hydrogens (tertiary/aromatic N) is 2. The molecule has 0 aliphatic carbocycles. The van der Waals surface area contributed by atoms with Gasteiger partial charge in [-0.25, -0.2) is 0 Å². The third-order valence-corrected chi connectivity index (χ3v) is 3.51. The molecule has 5 nitrogen and oxygen atoms in total. The molecule has 0 bridgehead atoms. The summed E-state index contributed by atoms with van der Waals surface area (Å²) in [6.07, 6.45) is 1.74. The average Bonchev–Trinajstić information content (AvgIpc) is 2.98. The second kappa shape index (κ2) is 7.90. The van der Waals surface area contributed by atoms with Crippen LogP contribution in [-0.2, 0) is 13.1 Å². The van der Waals surface area contributed by atoms with Gasteiger partial charge >= 0.3 is 6.61 Å². The number of alkyl halides is 2. The largest absolute Gasteiger partial charge is 0.435 e. The molecule has 0 saturated carbocycles. The van der Waals surface area contributed by atoms with Crippen molar-refractivity contribution < 1.29 is 18.3 Å². The van der Waals surface area contributed by atoms with Gasteiger partial charge in [-0.3, -0.25) is 9.48 Å². The summed E-state index contributed by atoms with van der Waals surface area (Å²) in [5, 5.41) is 7.24. The van der Waals surface area contributed by atoms with Crippen LogP contribution in [0.5, 0.6) is 5.75 Å². The third-order valence-electron chi connectivity index (χ3n) is 3.51. The number of hydrogen-bond donors (Lipinski definition) is 1. The molecule has 2 rings (SSSR count). The lowest BCUT2D eigenvalue weighted by Crippen LogP contribution is -2.23. The molecule has 2 aromatic rings. The maximum atomic E-state index is 12.4. The second-order valence-corrected chi connectivity index (χ2v) is 5.64. The van der Waals surface area contributed by atoms with Crippen LogP contribution in [0.4, 0.5) is 8.78 Å². The van der Waals surface area contributed by atoms with Crippen LogP contribution in [0.25, 0.3) is 0 Å². The predicted octanol–water partition coefficient (Wildman–Crippen LogP) is 3.56. The molecule has 0 aliphatic heterocycles. The van der Waals surface area contributed by atoms with Crippen LogP contribution in [0.15, 0.2) is 30.5 Å². The molecule has 7 heteroatoms. The zero-order valence-electron chi connectivity index (χ0n) is 13.9. The number of rotatable bonds is 7. The second-order valence-electron chi connectivity index (χ2n) is 5.64. The number of benzene rings is 1. The van der Waals surface area contributed by atoms with E-state index in [0.717, 1.165) is 11.3 Å². The van der Waals surface area contributed by atoms with Crippen molar-refractivity contribution in [1.29, 1.82) is 0 Å². The van der Waals surface area contributed by atoms with Crippen LogP contribution in [0.2, 0.25) is 0 Å². The van der Waals surface area contributed by atoms with Crippen molar-refractivity contribution in [3.63, 3.8) is 0 Å². The van der Waals surface area contributed by atoms with Crippen molar-refractivity contribution in [2.45, 2.75) is 46.4 Å². The molecule has 0 aliphatic rings. The van der Waals surface area contributed by atoms with Crippen LogP contribution in [0.3, 0.4) is 0 Å². The standard InChI is InChI=1S/C17H21F2N3O2/c1-4-22-10-14(15(21-22)11(2)3)16(23)20-9-12-5-7-13(8-6-12)24-17(18)19/h5-8,10-11,17H,4,9H2,1-3H3,(H,20,23). The van der Waals surface area contributed by atoms with E-state index in [-0.39, 0.29) is 17.6 Å². The summed E-state index contributed by atoms with van der Waals surface area (Å²) in [7, 11) is 0. The number of halogens is 2. The van der Waals surface area contributed by atoms with Crippen LogP contribution >= 0.6 is 0 Å². The van der Waals surface area contributed by atoms with Crippen LogP contribution in [0, 0.1) is 0 Å². The van der Waals surface area contributed by atoms with Gasteiger partial charge < -0.3 is 10.1 Å². The van der Waals surface area contributed by atoms with E-state index in [1.807, 2.05) is 20.8 Å². The Morgan fingerprint density at radius 2 is 1.96 bits per heavy atom. The molecule has 0 atom stereocenters. The van der Waals surface area contributed by atoms with E-state index < -0.39 is 6.61 Å². The minimum absolute atomic E-state index is 0.0893. The lowest BCUT2D eigenvalue weighted by molar-refractivity contribution is -0.0498. The number of aromatic nitrogens is 2. The number of carbonyl (C=O) groups is 1. The summed E-state index contributed by atoms with van der Waals surface area (Å²) >= 11 is 0. The Labute approximate surface area is 139 Å². The lowest BCUT2D eigenvalue weighted by atomic mass is 10.1. The molecule has 1 amide bonds. The SMILES string of the molecule is CCn1cc(C(=O)NCc2ccc(OC(F)F)cc2)c(C(C)C)n1. The molecular formula is C17H21F2N3O2. The van der Waals surface area contributed by atoms with Crippen molar-refractivity contribution >= 4 is 5.91 Å². The van der Waals surface area contributed by atoms with E-state index in [1.165, 1.54) is 12.1 Å². The maximum absolute atomic E-state index is 12.4. The molecule has 1 N–H and O–H groups in total. The van der Waals surface area contributed by atoms with Crippen molar-refractivity contribution in [2.75, 3.05) is 0 Å². The first kappa shape index (κ1) is 17.9. The van der Waals surface area contributed by atoms with E-state index in [1.54, 1.807) is 23.0 Å². The van der Waals surface area contributed by atoms with Gasteiger partial charge in [-0.2, -0.15) is 13.9 Å². The van der Waals surface area contributed by atoms with Gasteiger partial charge in [-0.1, -0.05) is 26.0 Å². The Bertz CT molecular complexity index is 682. The number of ether oxygens (including phenoxy) is 1. The van der Waals surface area contributed by atoms with Gasteiger partial charge in [-0.15, -0.1) is 0 Å². The van der Waals surface area contributed by atoms with Crippen molar-refractivity contribution in [3.05, 3.63) is 47.3 Å². The van der Waals surface area contributed by atoms with E-state index in [0.29, 0.717) is 18.7 Å². The van der Waals surface area contributed by atoms with Crippen LogP contribution < -0.4 is 10.1 Å². The molecule has 0 spiro atoms.